The van der Waals surface area contributed by atoms with Crippen molar-refractivity contribution in [3.63, 3.8) is 0 Å². The van der Waals surface area contributed by atoms with Crippen molar-refractivity contribution in [2.75, 3.05) is 39.5 Å². The second kappa shape index (κ2) is 23.3. The third kappa shape index (κ3) is 18.0. The Labute approximate surface area is 276 Å². The molecule has 18 heteroatoms. The van der Waals surface area contributed by atoms with Crippen LogP contribution in [0.15, 0.2) is 4.99 Å². The molecule has 6 amide bonds. The predicted octanol–water partition coefficient (Wildman–Crippen LogP) is -3.50. The van der Waals surface area contributed by atoms with Crippen molar-refractivity contribution >= 4 is 41.4 Å². The van der Waals surface area contributed by atoms with Gasteiger partial charge in [0.2, 0.25) is 35.4 Å². The number of guanidine groups is 1. The summed E-state index contributed by atoms with van der Waals surface area (Å²) < 4.78 is 5.48. The van der Waals surface area contributed by atoms with Gasteiger partial charge in [0.15, 0.2) is 5.96 Å². The summed E-state index contributed by atoms with van der Waals surface area (Å²) in [6.07, 6.45) is 3.03. The summed E-state index contributed by atoms with van der Waals surface area (Å²) in [5.41, 5.74) is 22.2. The smallest absolute Gasteiger partial charge is 0.245 e. The van der Waals surface area contributed by atoms with Crippen molar-refractivity contribution in [1.82, 2.24) is 31.9 Å². The quantitative estimate of drug-likeness (QED) is 0.0585. The third-order valence-corrected chi connectivity index (χ3v) is 7.11. The summed E-state index contributed by atoms with van der Waals surface area (Å²) >= 11 is 0. The molecule has 18 nitrogen and oxygen atoms in total. The first-order valence-electron chi connectivity index (χ1n) is 16.2. The molecule has 1 saturated heterocycles. The topological polar surface area (TPSA) is 300 Å². The monoisotopic (exact) mass is 669 g/mol. The normalized spacial score (nSPS) is 23.4. The van der Waals surface area contributed by atoms with E-state index in [1.165, 1.54) is 0 Å². The lowest BCUT2D eigenvalue weighted by molar-refractivity contribution is -0.134. The minimum Gasteiger partial charge on any atom is -0.370 e. The first-order valence-corrected chi connectivity index (χ1v) is 16.2. The lowest BCUT2D eigenvalue weighted by Gasteiger charge is -2.26. The molecule has 1 fully saturated rings. The number of carbonyl (C=O) groups is 6. The van der Waals surface area contributed by atoms with Gasteiger partial charge < -0.3 is 59.6 Å². The molecule has 268 valence electrons. The largest absolute Gasteiger partial charge is 0.370 e. The fourth-order valence-corrected chi connectivity index (χ4v) is 4.65. The van der Waals surface area contributed by atoms with E-state index in [0.717, 1.165) is 0 Å². The maximum absolute atomic E-state index is 13.5. The van der Waals surface area contributed by atoms with Gasteiger partial charge in [-0.15, -0.1) is 0 Å². The highest BCUT2D eigenvalue weighted by Crippen LogP contribution is 2.09. The van der Waals surface area contributed by atoms with Crippen LogP contribution in [0.1, 0.15) is 71.6 Å². The predicted molar refractivity (Wildman–Crippen MR) is 175 cm³/mol. The summed E-state index contributed by atoms with van der Waals surface area (Å²) in [5.74, 6) is -3.66. The van der Waals surface area contributed by atoms with Crippen LogP contribution in [-0.2, 0) is 33.5 Å². The number of nitrogens with two attached hydrogens (primary N) is 4. The van der Waals surface area contributed by atoms with Crippen LogP contribution >= 0.6 is 0 Å². The number of nitrogens with zero attached hydrogens (tertiary/aromatic N) is 1. The number of carbonyl (C=O) groups excluding carboxylic acids is 6. The second-order valence-electron chi connectivity index (χ2n) is 11.7. The Kier molecular flexibility index (Phi) is 20.3. The molecule has 14 N–H and O–H groups in total. The summed E-state index contributed by atoms with van der Waals surface area (Å²) in [4.78, 5) is 81.6. The molecule has 1 aliphatic rings. The van der Waals surface area contributed by atoms with Crippen LogP contribution in [0.25, 0.3) is 0 Å². The Morgan fingerprint density at radius 1 is 0.766 bits per heavy atom. The average Bonchev–Trinajstić information content (AvgIpc) is 3.00. The molecule has 0 aromatic rings. The van der Waals surface area contributed by atoms with E-state index in [2.05, 4.69) is 36.9 Å². The van der Waals surface area contributed by atoms with Gasteiger partial charge in [-0.1, -0.05) is 13.8 Å². The molecule has 1 heterocycles. The van der Waals surface area contributed by atoms with Crippen LogP contribution < -0.4 is 54.8 Å². The minimum atomic E-state index is -1.07. The minimum absolute atomic E-state index is 0.0159. The second-order valence-corrected chi connectivity index (χ2v) is 11.7. The Balaban J connectivity index is 3.27. The van der Waals surface area contributed by atoms with Crippen molar-refractivity contribution in [3.8, 4) is 0 Å². The molecule has 0 saturated carbocycles. The maximum Gasteiger partial charge on any atom is 0.245 e. The zero-order valence-corrected chi connectivity index (χ0v) is 27.6. The van der Waals surface area contributed by atoms with Crippen LogP contribution in [0.3, 0.4) is 0 Å². The standard InChI is InChI=1S/C29H55N11O7/c1-18(2)15-22-28(46)39-20(8-4-6-12-31)27(45)38-19(7-3-5-11-30)26(44)36-17-47-14-10-21(40-29(32)33)25(43)35-16-24(42)34-13-9-23(41)37-22/h18-22H,3-17,30-31H2,1-2H3,(H,34,42)(H,35,43)(H,36,44)(H,37,41)(H,38,45)(H,39,46)(H4,32,33,40)/t19-,20-,21+,22+/m0/s1. The number of amides is 6. The number of unbranched alkanes of at least 4 members (excludes halogenated alkanes) is 2. The van der Waals surface area contributed by atoms with Gasteiger partial charge in [-0.3, -0.25) is 28.8 Å². The maximum atomic E-state index is 13.5. The van der Waals surface area contributed by atoms with Gasteiger partial charge in [-0.05, 0) is 64.0 Å². The Morgan fingerprint density at radius 2 is 1.36 bits per heavy atom. The van der Waals surface area contributed by atoms with Crippen molar-refractivity contribution in [2.45, 2.75) is 95.8 Å². The Bertz CT molecular complexity index is 1050. The molecule has 1 rings (SSSR count). The zero-order valence-electron chi connectivity index (χ0n) is 27.6. The van der Waals surface area contributed by atoms with E-state index in [0.29, 0.717) is 38.8 Å². The number of hydrogen-bond donors (Lipinski definition) is 10. The van der Waals surface area contributed by atoms with Crippen LogP contribution in [0.2, 0.25) is 0 Å². The fourth-order valence-electron chi connectivity index (χ4n) is 4.65. The van der Waals surface area contributed by atoms with Crippen LogP contribution in [0.5, 0.6) is 0 Å². The molecule has 0 unspecified atom stereocenters. The number of nitrogens with one attached hydrogen (secondary N) is 6. The van der Waals surface area contributed by atoms with Crippen LogP contribution in [-0.4, -0.2) is 105 Å². The first kappa shape index (κ1) is 41.0. The first-order chi connectivity index (χ1) is 22.4. The van der Waals surface area contributed by atoms with Gasteiger partial charge in [0.05, 0.1) is 13.2 Å². The van der Waals surface area contributed by atoms with Gasteiger partial charge in [0.25, 0.3) is 0 Å². The van der Waals surface area contributed by atoms with Gasteiger partial charge in [-0.2, -0.15) is 0 Å². The van der Waals surface area contributed by atoms with Gasteiger partial charge >= 0.3 is 0 Å². The lowest BCUT2D eigenvalue weighted by Crippen LogP contribution is -2.57. The molecular weight excluding hydrogens is 614 g/mol. The Morgan fingerprint density at radius 3 is 1.94 bits per heavy atom. The van der Waals surface area contributed by atoms with Gasteiger partial charge in [0, 0.05) is 19.4 Å². The molecule has 4 atom stereocenters. The summed E-state index contributed by atoms with van der Waals surface area (Å²) in [7, 11) is 0. The van der Waals surface area contributed by atoms with Crippen molar-refractivity contribution in [1.29, 1.82) is 0 Å². The average molecular weight is 670 g/mol. The summed E-state index contributed by atoms with van der Waals surface area (Å²) in [6, 6.07) is -3.99. The zero-order chi connectivity index (χ0) is 35.2. The number of ether oxygens (including phenoxy) is 1. The van der Waals surface area contributed by atoms with Crippen LogP contribution in [0, 0.1) is 5.92 Å². The van der Waals surface area contributed by atoms with E-state index < -0.39 is 66.2 Å². The van der Waals surface area contributed by atoms with E-state index in [9.17, 15) is 28.8 Å². The van der Waals surface area contributed by atoms with Crippen molar-refractivity contribution in [2.24, 2.45) is 33.8 Å². The highest BCUT2D eigenvalue weighted by atomic mass is 16.5. The summed E-state index contributed by atoms with van der Waals surface area (Å²) in [6.45, 7) is 3.84. The molecule has 47 heavy (non-hydrogen) atoms. The molecule has 0 bridgehead atoms. The third-order valence-electron chi connectivity index (χ3n) is 7.11. The molecule has 0 aliphatic carbocycles. The van der Waals surface area contributed by atoms with Crippen LogP contribution in [0.4, 0.5) is 0 Å². The highest BCUT2D eigenvalue weighted by Gasteiger charge is 2.30. The van der Waals surface area contributed by atoms with E-state index in [1.807, 2.05) is 13.8 Å². The molecular formula is C29H55N11O7. The highest BCUT2D eigenvalue weighted by molar-refractivity contribution is 5.94. The molecule has 0 radical (unpaired) electrons. The van der Waals surface area contributed by atoms with E-state index in [-0.39, 0.29) is 63.9 Å². The van der Waals surface area contributed by atoms with Crippen molar-refractivity contribution in [3.05, 3.63) is 0 Å². The molecule has 0 aromatic heterocycles. The van der Waals surface area contributed by atoms with E-state index in [4.69, 9.17) is 27.7 Å². The van der Waals surface area contributed by atoms with E-state index >= 15 is 0 Å². The van der Waals surface area contributed by atoms with Crippen molar-refractivity contribution < 1.29 is 33.5 Å². The number of rotatable bonds is 11. The number of aliphatic imine (C=N–C) groups is 1. The molecule has 1 aliphatic heterocycles. The Hall–Kier alpha value is -4.03. The lowest BCUT2D eigenvalue weighted by atomic mass is 10.0. The number of hydrogen-bond acceptors (Lipinski definition) is 10. The van der Waals surface area contributed by atoms with Gasteiger partial charge in [0.1, 0.15) is 30.9 Å². The van der Waals surface area contributed by atoms with E-state index in [1.54, 1.807) is 0 Å². The van der Waals surface area contributed by atoms with Gasteiger partial charge in [-0.25, -0.2) is 4.99 Å². The fraction of sp³-hybridized carbons (Fsp3) is 0.759. The molecule has 0 spiro atoms. The summed E-state index contributed by atoms with van der Waals surface area (Å²) in [5, 5.41) is 15.8. The SMILES string of the molecule is CC(C)C[C@H]1NC(=O)CCNC(=O)CNC(=O)[C@H](N=C(N)N)CCOCNC(=O)[C@H](CCCCN)NC(=O)[C@H](CCCCN)NC1=O. The molecule has 0 aromatic carbocycles.